The second kappa shape index (κ2) is 18.0. The molecule has 0 aromatic carbocycles. The lowest BCUT2D eigenvalue weighted by atomic mass is 9.94. The Kier molecular flexibility index (Phi) is 14.8. The maximum Gasteiger partial charge on any atom is 0.217 e. The number of rotatable bonds is 12. The Hall–Kier alpha value is -1.82. The third-order valence-electron chi connectivity index (χ3n) is 9.01. The minimum absolute atomic E-state index is 0.694. The molecule has 23 nitrogen and oxygen atoms in total. The third kappa shape index (κ3) is 9.11. The lowest BCUT2D eigenvalue weighted by Crippen LogP contribution is -2.70. The minimum atomic E-state index is -2.06. The second-order valence-electron chi connectivity index (χ2n) is 12.6. The fourth-order valence-corrected chi connectivity index (χ4v) is 6.34. The van der Waals surface area contributed by atoms with E-state index >= 15 is 0 Å². The zero-order valence-electron chi connectivity index (χ0n) is 27.4. The summed E-state index contributed by atoms with van der Waals surface area (Å²) in [6, 6.07) is -3.11. The molecule has 0 radical (unpaired) electrons. The molecule has 0 spiro atoms. The number of hydrogen-bond acceptors (Lipinski definition) is 21. The molecule has 4 heterocycles. The maximum atomic E-state index is 12.3. The van der Waals surface area contributed by atoms with Crippen LogP contribution in [0.1, 0.15) is 13.8 Å². The summed E-state index contributed by atoms with van der Waals surface area (Å²) < 4.78 is 39.2. The van der Waals surface area contributed by atoms with Crippen molar-refractivity contribution in [1.29, 1.82) is 0 Å². The molecule has 4 aliphatic rings. The number of aliphatic hydroxyl groups is 12. The summed E-state index contributed by atoms with van der Waals surface area (Å²) in [5.41, 5.74) is 0. The summed E-state index contributed by atoms with van der Waals surface area (Å²) in [5.74, 6) is -1.47. The van der Waals surface area contributed by atoms with Gasteiger partial charge in [-0.05, 0) is 0 Å². The molecular formula is C28H48N2O21. The van der Waals surface area contributed by atoms with Crippen molar-refractivity contribution in [3.05, 3.63) is 0 Å². The van der Waals surface area contributed by atoms with Crippen molar-refractivity contribution < 1.29 is 104 Å². The Morgan fingerprint density at radius 2 is 0.843 bits per heavy atom. The van der Waals surface area contributed by atoms with Crippen LogP contribution in [0.15, 0.2) is 0 Å². The van der Waals surface area contributed by atoms with Crippen LogP contribution >= 0.6 is 0 Å². The average molecular weight is 749 g/mol. The highest BCUT2D eigenvalue weighted by Crippen LogP contribution is 2.34. The largest absolute Gasteiger partial charge is 0.394 e. The maximum absolute atomic E-state index is 12.3. The fourth-order valence-electron chi connectivity index (χ4n) is 6.34. The SMILES string of the molecule is CC(=O)N[C@@H]1[C@@H](O[C@H]2O[C@H](CO)[C@H](O)[C@H](O[C@@H]3O[C@H](CO)[C@@H](O)[C@H](O[C@@H]4O[C@H](CO)[C@H](O)[C@H](O)[C@H]4O)[C@H]3NC(C)=O)[C@H]2O)[C@@H](O)[C@@H](CO)O[C@H]1O. The van der Waals surface area contributed by atoms with Gasteiger partial charge in [0.05, 0.1) is 26.4 Å². The summed E-state index contributed by atoms with van der Waals surface area (Å²) in [4.78, 5) is 24.2. The van der Waals surface area contributed by atoms with Crippen LogP contribution in [0.4, 0.5) is 0 Å². The van der Waals surface area contributed by atoms with Gasteiger partial charge in [0.2, 0.25) is 11.8 Å². The monoisotopic (exact) mass is 748 g/mol. The van der Waals surface area contributed by atoms with Crippen molar-refractivity contribution >= 4 is 11.8 Å². The van der Waals surface area contributed by atoms with E-state index in [2.05, 4.69) is 10.6 Å². The van der Waals surface area contributed by atoms with Crippen molar-refractivity contribution in [2.24, 2.45) is 0 Å². The summed E-state index contributed by atoms with van der Waals surface area (Å²) in [6.07, 6.45) is -31.9. The molecule has 0 bridgehead atoms. The zero-order chi connectivity index (χ0) is 37.9. The minimum Gasteiger partial charge on any atom is -0.394 e. The fraction of sp³-hybridized carbons (Fsp3) is 0.929. The molecule has 14 N–H and O–H groups in total. The molecule has 0 aliphatic carbocycles. The highest BCUT2D eigenvalue weighted by molar-refractivity contribution is 5.73. The highest BCUT2D eigenvalue weighted by atomic mass is 16.8. The topological polar surface area (TPSA) is 366 Å². The quantitative estimate of drug-likeness (QED) is 0.0881. The Morgan fingerprint density at radius 3 is 1.33 bits per heavy atom. The van der Waals surface area contributed by atoms with Crippen LogP contribution < -0.4 is 10.6 Å². The normalized spacial score (nSPS) is 47.8. The lowest BCUT2D eigenvalue weighted by Gasteiger charge is -2.50. The number of carbonyl (C=O) groups excluding carboxylic acids is 2. The van der Waals surface area contributed by atoms with Crippen molar-refractivity contribution in [2.75, 3.05) is 26.4 Å². The van der Waals surface area contributed by atoms with Gasteiger partial charge in [-0.15, -0.1) is 0 Å². The number of ether oxygens (including phenoxy) is 7. The number of hydrogen-bond donors (Lipinski definition) is 14. The predicted molar refractivity (Wildman–Crippen MR) is 157 cm³/mol. The molecule has 4 saturated heterocycles. The van der Waals surface area contributed by atoms with E-state index in [0.717, 1.165) is 13.8 Å². The molecule has 4 fully saturated rings. The zero-order valence-corrected chi connectivity index (χ0v) is 27.4. The number of nitrogens with one attached hydrogen (secondary N) is 2. The van der Waals surface area contributed by atoms with E-state index in [1.54, 1.807) is 0 Å². The van der Waals surface area contributed by atoms with Gasteiger partial charge in [-0.25, -0.2) is 0 Å². The summed E-state index contributed by atoms with van der Waals surface area (Å²) in [7, 11) is 0. The van der Waals surface area contributed by atoms with Crippen LogP contribution in [0, 0.1) is 0 Å². The highest BCUT2D eigenvalue weighted by Gasteiger charge is 2.56. The molecule has 4 aliphatic heterocycles. The van der Waals surface area contributed by atoms with Crippen LogP contribution in [-0.2, 0) is 42.7 Å². The van der Waals surface area contributed by atoms with Crippen LogP contribution in [-0.4, -0.2) is 222 Å². The van der Waals surface area contributed by atoms with E-state index < -0.39 is 161 Å². The second-order valence-corrected chi connectivity index (χ2v) is 12.6. The molecule has 4 rings (SSSR count). The third-order valence-corrected chi connectivity index (χ3v) is 9.01. The van der Waals surface area contributed by atoms with Crippen molar-refractivity contribution in [3.8, 4) is 0 Å². The first kappa shape index (κ1) is 41.9. The molecular weight excluding hydrogens is 700 g/mol. The van der Waals surface area contributed by atoms with Crippen LogP contribution in [0.5, 0.6) is 0 Å². The van der Waals surface area contributed by atoms with Gasteiger partial charge in [-0.3, -0.25) is 9.59 Å². The summed E-state index contributed by atoms with van der Waals surface area (Å²) in [5, 5.41) is 130. The Labute approximate surface area is 289 Å². The van der Waals surface area contributed by atoms with E-state index in [1.807, 2.05) is 0 Å². The average Bonchev–Trinajstić information content (AvgIpc) is 3.08. The van der Waals surface area contributed by atoms with Gasteiger partial charge in [0, 0.05) is 13.8 Å². The van der Waals surface area contributed by atoms with Crippen LogP contribution in [0.3, 0.4) is 0 Å². The standard InChI is InChI=1S/C28H48N2O21/c1-7(35)29-13-22(16(38)10(4-32)45-25(13)44)49-28-21(43)24(18(40)12(6-34)48-28)51-26-14(30-8(2)36)23(17(39)11(5-33)46-26)50-27-20(42)19(41)15(37)9(3-31)47-27/h9-28,31-34,37-44H,3-6H2,1-2H3,(H,29,35)(H,30,36)/t9-,10-,11-,12-,13-,14-,15+,16+,17-,18+,19+,20-,21-,22-,23-,24+,25-,26+,27+,28-/m1/s1. The van der Waals surface area contributed by atoms with E-state index in [1.165, 1.54) is 0 Å². The first-order valence-corrected chi connectivity index (χ1v) is 16.1. The molecule has 23 heteroatoms. The van der Waals surface area contributed by atoms with E-state index in [4.69, 9.17) is 33.2 Å². The van der Waals surface area contributed by atoms with Gasteiger partial charge >= 0.3 is 0 Å². The van der Waals surface area contributed by atoms with Gasteiger partial charge in [0.25, 0.3) is 0 Å². The summed E-state index contributed by atoms with van der Waals surface area (Å²) in [6.45, 7) is -1.32. The summed E-state index contributed by atoms with van der Waals surface area (Å²) >= 11 is 0. The van der Waals surface area contributed by atoms with Crippen LogP contribution in [0.25, 0.3) is 0 Å². The van der Waals surface area contributed by atoms with Crippen LogP contribution in [0.2, 0.25) is 0 Å². The van der Waals surface area contributed by atoms with Gasteiger partial charge in [-0.2, -0.15) is 0 Å². The first-order valence-electron chi connectivity index (χ1n) is 16.1. The van der Waals surface area contributed by atoms with Gasteiger partial charge < -0.3 is 105 Å². The molecule has 296 valence electrons. The number of amides is 2. The van der Waals surface area contributed by atoms with E-state index in [9.17, 15) is 70.9 Å². The predicted octanol–water partition coefficient (Wildman–Crippen LogP) is -9.46. The van der Waals surface area contributed by atoms with E-state index in [0.29, 0.717) is 0 Å². The van der Waals surface area contributed by atoms with Crippen molar-refractivity contribution in [3.63, 3.8) is 0 Å². The van der Waals surface area contributed by atoms with Crippen molar-refractivity contribution in [2.45, 2.75) is 137 Å². The molecule has 51 heavy (non-hydrogen) atoms. The number of carbonyl (C=O) groups is 2. The first-order chi connectivity index (χ1) is 24.1. The van der Waals surface area contributed by atoms with E-state index in [-0.39, 0.29) is 0 Å². The molecule has 0 aromatic heterocycles. The lowest BCUT2D eigenvalue weighted by molar-refractivity contribution is -0.375. The van der Waals surface area contributed by atoms with Gasteiger partial charge in [-0.1, -0.05) is 0 Å². The Bertz CT molecular complexity index is 1140. The number of aliphatic hydroxyl groups excluding tert-OH is 12. The van der Waals surface area contributed by atoms with Gasteiger partial charge in [0.15, 0.2) is 25.2 Å². The molecule has 0 aromatic rings. The Balaban J connectivity index is 1.63. The smallest absolute Gasteiger partial charge is 0.217 e. The molecule has 20 atom stereocenters. The van der Waals surface area contributed by atoms with Crippen molar-refractivity contribution in [1.82, 2.24) is 10.6 Å². The molecule has 2 amide bonds. The molecule has 0 saturated carbocycles. The van der Waals surface area contributed by atoms with Gasteiger partial charge in [0.1, 0.15) is 97.5 Å². The molecule has 0 unspecified atom stereocenters. The Morgan fingerprint density at radius 1 is 0.471 bits per heavy atom.